The summed E-state index contributed by atoms with van der Waals surface area (Å²) in [6.07, 6.45) is 3.24. The maximum atomic E-state index is 12.4. The Labute approximate surface area is 126 Å². The minimum Gasteiger partial charge on any atom is -0.469 e. The van der Waals surface area contributed by atoms with Crippen molar-refractivity contribution in [2.45, 2.75) is 6.42 Å². The summed E-state index contributed by atoms with van der Waals surface area (Å²) in [5.41, 5.74) is 0.459. The van der Waals surface area contributed by atoms with E-state index < -0.39 is 0 Å². The second-order valence-electron chi connectivity index (χ2n) is 4.00. The van der Waals surface area contributed by atoms with Crippen LogP contribution >= 0.6 is 15.9 Å². The molecular weight excluding hydrogens is 328 g/mol. The van der Waals surface area contributed by atoms with Crippen LogP contribution in [-0.2, 0) is 14.3 Å². The number of ether oxygens (including phenoxy) is 2. The van der Waals surface area contributed by atoms with Crippen molar-refractivity contribution in [1.82, 2.24) is 9.88 Å². The summed E-state index contributed by atoms with van der Waals surface area (Å²) < 4.78 is 10.3. The zero-order valence-electron chi connectivity index (χ0n) is 11.5. The fourth-order valence-corrected chi connectivity index (χ4v) is 1.92. The first-order chi connectivity index (χ1) is 9.58. The van der Waals surface area contributed by atoms with Gasteiger partial charge in [-0.25, -0.2) is 0 Å². The summed E-state index contributed by atoms with van der Waals surface area (Å²) in [6.45, 7) is 1.08. The van der Waals surface area contributed by atoms with Crippen LogP contribution in [0.5, 0.6) is 0 Å². The van der Waals surface area contributed by atoms with E-state index in [0.717, 1.165) is 4.47 Å². The first-order valence-electron chi connectivity index (χ1n) is 6.04. The molecule has 0 aliphatic carbocycles. The van der Waals surface area contributed by atoms with Crippen LogP contribution in [0.3, 0.4) is 0 Å². The number of hydrogen-bond donors (Lipinski definition) is 0. The third-order valence-electron chi connectivity index (χ3n) is 2.62. The molecule has 0 bridgehead atoms. The number of halogens is 1. The van der Waals surface area contributed by atoms with E-state index in [1.807, 2.05) is 0 Å². The van der Waals surface area contributed by atoms with Gasteiger partial charge in [-0.2, -0.15) is 0 Å². The highest BCUT2D eigenvalue weighted by Crippen LogP contribution is 2.12. The third-order valence-corrected chi connectivity index (χ3v) is 3.05. The summed E-state index contributed by atoms with van der Waals surface area (Å²) in [5, 5.41) is 0. The normalized spacial score (nSPS) is 10.2. The number of pyridine rings is 1. The van der Waals surface area contributed by atoms with Crippen LogP contribution < -0.4 is 0 Å². The fraction of sp³-hybridized carbons (Fsp3) is 0.462. The van der Waals surface area contributed by atoms with E-state index in [9.17, 15) is 9.59 Å². The number of carbonyl (C=O) groups is 2. The molecule has 0 aromatic carbocycles. The van der Waals surface area contributed by atoms with Gasteiger partial charge >= 0.3 is 5.97 Å². The molecule has 0 saturated heterocycles. The monoisotopic (exact) mass is 344 g/mol. The second-order valence-corrected chi connectivity index (χ2v) is 4.92. The van der Waals surface area contributed by atoms with Crippen LogP contribution in [0.25, 0.3) is 0 Å². The first-order valence-corrected chi connectivity index (χ1v) is 6.83. The van der Waals surface area contributed by atoms with Gasteiger partial charge in [-0.15, -0.1) is 0 Å². The van der Waals surface area contributed by atoms with Crippen molar-refractivity contribution >= 4 is 27.8 Å². The van der Waals surface area contributed by atoms with E-state index in [2.05, 4.69) is 25.7 Å². The molecule has 0 saturated carbocycles. The lowest BCUT2D eigenvalue weighted by atomic mass is 10.2. The molecule has 20 heavy (non-hydrogen) atoms. The van der Waals surface area contributed by atoms with Gasteiger partial charge in [0.2, 0.25) is 0 Å². The number of nitrogens with zero attached hydrogens (tertiary/aromatic N) is 2. The maximum absolute atomic E-state index is 12.4. The number of amides is 1. The Kier molecular flexibility index (Phi) is 7.17. The summed E-state index contributed by atoms with van der Waals surface area (Å²) in [7, 11) is 2.88. The molecule has 0 unspecified atom stereocenters. The van der Waals surface area contributed by atoms with Gasteiger partial charge in [-0.05, 0) is 22.0 Å². The number of methoxy groups -OCH3 is 2. The van der Waals surface area contributed by atoms with Gasteiger partial charge in [0.1, 0.15) is 0 Å². The van der Waals surface area contributed by atoms with Gasteiger partial charge in [0.15, 0.2) is 0 Å². The minimum absolute atomic E-state index is 0.146. The highest BCUT2D eigenvalue weighted by molar-refractivity contribution is 9.10. The molecule has 0 N–H and O–H groups in total. The maximum Gasteiger partial charge on any atom is 0.307 e. The largest absolute Gasteiger partial charge is 0.469 e. The van der Waals surface area contributed by atoms with E-state index in [-0.39, 0.29) is 24.8 Å². The Hall–Kier alpha value is -1.47. The van der Waals surface area contributed by atoms with Gasteiger partial charge in [0.05, 0.1) is 25.7 Å². The van der Waals surface area contributed by atoms with E-state index in [4.69, 9.17) is 4.74 Å². The standard InChI is InChI=1S/C13H17BrN2O4/c1-19-6-5-16(4-3-12(17)20-2)13(18)10-7-11(14)9-15-8-10/h7-9H,3-6H2,1-2H3. The van der Waals surface area contributed by atoms with E-state index in [0.29, 0.717) is 18.7 Å². The lowest BCUT2D eigenvalue weighted by molar-refractivity contribution is -0.140. The van der Waals surface area contributed by atoms with E-state index in [1.54, 1.807) is 24.3 Å². The molecule has 0 aliphatic heterocycles. The van der Waals surface area contributed by atoms with Crippen LogP contribution in [-0.4, -0.2) is 55.7 Å². The molecule has 1 aromatic heterocycles. The number of carbonyl (C=O) groups excluding carboxylic acids is 2. The van der Waals surface area contributed by atoms with Crippen molar-refractivity contribution in [3.63, 3.8) is 0 Å². The van der Waals surface area contributed by atoms with Crippen molar-refractivity contribution in [2.75, 3.05) is 33.9 Å². The number of rotatable bonds is 7. The summed E-state index contributed by atoms with van der Waals surface area (Å²) >= 11 is 3.27. The van der Waals surface area contributed by atoms with Crippen molar-refractivity contribution < 1.29 is 19.1 Å². The highest BCUT2D eigenvalue weighted by Gasteiger charge is 2.17. The van der Waals surface area contributed by atoms with Gasteiger partial charge in [0, 0.05) is 37.1 Å². The van der Waals surface area contributed by atoms with Crippen LogP contribution in [0.15, 0.2) is 22.9 Å². The second kappa shape index (κ2) is 8.65. The van der Waals surface area contributed by atoms with Crippen molar-refractivity contribution in [3.05, 3.63) is 28.5 Å². The van der Waals surface area contributed by atoms with Gasteiger partial charge in [0.25, 0.3) is 5.91 Å². The number of esters is 1. The molecule has 0 fully saturated rings. The quantitative estimate of drug-likeness (QED) is 0.701. The highest BCUT2D eigenvalue weighted by atomic mass is 79.9. The fourth-order valence-electron chi connectivity index (χ4n) is 1.56. The van der Waals surface area contributed by atoms with Crippen LogP contribution in [0, 0.1) is 0 Å². The van der Waals surface area contributed by atoms with Crippen molar-refractivity contribution in [1.29, 1.82) is 0 Å². The topological polar surface area (TPSA) is 68.7 Å². The zero-order valence-corrected chi connectivity index (χ0v) is 13.1. The van der Waals surface area contributed by atoms with Gasteiger partial charge < -0.3 is 14.4 Å². The molecule has 1 rings (SSSR count). The molecule has 1 amide bonds. The Morgan fingerprint density at radius 1 is 1.30 bits per heavy atom. The van der Waals surface area contributed by atoms with Gasteiger partial charge in [-0.3, -0.25) is 14.6 Å². The first kappa shape index (κ1) is 16.6. The van der Waals surface area contributed by atoms with E-state index in [1.165, 1.54) is 13.3 Å². The van der Waals surface area contributed by atoms with Crippen LogP contribution in [0.1, 0.15) is 16.8 Å². The smallest absolute Gasteiger partial charge is 0.307 e. The minimum atomic E-state index is -0.354. The lowest BCUT2D eigenvalue weighted by Crippen LogP contribution is -2.35. The molecular formula is C13H17BrN2O4. The van der Waals surface area contributed by atoms with Crippen molar-refractivity contribution in [3.8, 4) is 0 Å². The SMILES string of the molecule is COCCN(CCC(=O)OC)C(=O)c1cncc(Br)c1. The van der Waals surface area contributed by atoms with Gasteiger partial charge in [-0.1, -0.05) is 0 Å². The van der Waals surface area contributed by atoms with Crippen molar-refractivity contribution in [2.24, 2.45) is 0 Å². The molecule has 0 spiro atoms. The van der Waals surface area contributed by atoms with E-state index >= 15 is 0 Å². The Bertz CT molecular complexity index is 467. The average Bonchev–Trinajstić information content (AvgIpc) is 2.46. The predicted octanol–water partition coefficient (Wildman–Crippen LogP) is 1.50. The third kappa shape index (κ3) is 5.26. The Morgan fingerprint density at radius 2 is 2.05 bits per heavy atom. The lowest BCUT2D eigenvalue weighted by Gasteiger charge is -2.21. The number of hydrogen-bond acceptors (Lipinski definition) is 5. The Balaban J connectivity index is 2.75. The van der Waals surface area contributed by atoms with Crippen LogP contribution in [0.2, 0.25) is 0 Å². The molecule has 0 radical (unpaired) electrons. The summed E-state index contributed by atoms with van der Waals surface area (Å²) in [6, 6.07) is 1.69. The molecule has 1 aromatic rings. The predicted molar refractivity (Wildman–Crippen MR) is 76.3 cm³/mol. The molecule has 1 heterocycles. The zero-order chi connectivity index (χ0) is 15.0. The summed E-state index contributed by atoms with van der Waals surface area (Å²) in [4.78, 5) is 29.1. The van der Waals surface area contributed by atoms with Crippen LogP contribution in [0.4, 0.5) is 0 Å². The average molecular weight is 345 g/mol. The molecule has 110 valence electrons. The molecule has 0 aliphatic rings. The molecule has 0 atom stereocenters. The molecule has 6 nitrogen and oxygen atoms in total. The summed E-state index contributed by atoms with van der Waals surface area (Å²) in [5.74, 6) is -0.549. The number of aromatic nitrogens is 1. The Morgan fingerprint density at radius 3 is 2.65 bits per heavy atom. The molecule has 7 heteroatoms.